The molecule has 1 N–H and O–H groups in total. The Bertz CT molecular complexity index is 995. The van der Waals surface area contributed by atoms with Crippen LogP contribution in [0.1, 0.15) is 19.4 Å². The van der Waals surface area contributed by atoms with Crippen LogP contribution in [0.3, 0.4) is 0 Å². The number of carbonyl (C=O) groups is 3. The van der Waals surface area contributed by atoms with Crippen molar-refractivity contribution in [3.05, 3.63) is 35.9 Å². The zero-order chi connectivity index (χ0) is 23.2. The predicted octanol–water partition coefficient (Wildman–Crippen LogP) is 1.94. The van der Waals surface area contributed by atoms with Crippen molar-refractivity contribution in [2.75, 3.05) is 6.61 Å². The highest BCUT2D eigenvalue weighted by atomic mass is 35.6. The van der Waals surface area contributed by atoms with Crippen LogP contribution in [-0.4, -0.2) is 63.9 Å². The van der Waals surface area contributed by atoms with Crippen molar-refractivity contribution >= 4 is 62.6 Å². The zero-order valence-corrected chi connectivity index (χ0v) is 19.5. The normalized spacial score (nSPS) is 25.9. The standard InChI is InChI=1S/C18H19Cl3N2O7S/c1-17(2)12(15(25)29-8-10-6-4-3-5-7-10)23-13(24)11(14(23)31(17,27)28)22-16(26)30-9-18(19,20)21/h3-7,11-12,14H,8-9H2,1-2H3,(H,22,26)/t11-,12+,14-/m1/s1. The molecule has 2 fully saturated rings. The Kier molecular flexibility index (Phi) is 6.41. The largest absolute Gasteiger partial charge is 0.459 e. The van der Waals surface area contributed by atoms with Crippen LogP contribution in [0.4, 0.5) is 4.79 Å². The monoisotopic (exact) mass is 512 g/mol. The van der Waals surface area contributed by atoms with Crippen LogP contribution in [0.5, 0.6) is 0 Å². The summed E-state index contributed by atoms with van der Waals surface area (Å²) in [5.74, 6) is -1.61. The fourth-order valence-electron chi connectivity index (χ4n) is 3.55. The lowest BCUT2D eigenvalue weighted by Crippen LogP contribution is -2.72. The Morgan fingerprint density at radius 1 is 1.16 bits per heavy atom. The van der Waals surface area contributed by atoms with E-state index in [1.54, 1.807) is 30.3 Å². The summed E-state index contributed by atoms with van der Waals surface area (Å²) in [5, 5.41) is 0.721. The molecule has 0 aromatic heterocycles. The number of alkyl carbamates (subject to hydrolysis) is 1. The number of fused-ring (bicyclic) bond motifs is 1. The Balaban J connectivity index is 1.74. The number of ether oxygens (including phenoxy) is 2. The lowest BCUT2D eigenvalue weighted by Gasteiger charge is -2.42. The second kappa shape index (κ2) is 8.31. The number of nitrogens with zero attached hydrogens (tertiary/aromatic N) is 1. The summed E-state index contributed by atoms with van der Waals surface area (Å²) in [6.45, 7) is 1.98. The van der Waals surface area contributed by atoms with Gasteiger partial charge in [-0.15, -0.1) is 0 Å². The maximum absolute atomic E-state index is 13.1. The minimum Gasteiger partial charge on any atom is -0.459 e. The molecule has 0 saturated carbocycles. The SMILES string of the molecule is CC1(C)[C@H](C(=O)OCc2ccccc2)N2C(=O)[C@@H](NC(=O)OCC(Cl)(Cl)Cl)[C@H]2S1(=O)=O. The second-order valence-corrected chi connectivity index (χ2v) is 12.7. The van der Waals surface area contributed by atoms with Crippen LogP contribution in [0.2, 0.25) is 0 Å². The van der Waals surface area contributed by atoms with Gasteiger partial charge in [0.05, 0.1) is 0 Å². The molecule has 2 saturated heterocycles. The quantitative estimate of drug-likeness (QED) is 0.363. The molecule has 3 rings (SSSR count). The first-order valence-electron chi connectivity index (χ1n) is 9.03. The van der Waals surface area contributed by atoms with Crippen LogP contribution >= 0.6 is 34.8 Å². The molecule has 0 bridgehead atoms. The molecule has 0 spiro atoms. The number of β-lactam (4-membered cyclic amide) rings is 1. The van der Waals surface area contributed by atoms with Gasteiger partial charge in [-0.2, -0.15) is 0 Å². The van der Waals surface area contributed by atoms with Gasteiger partial charge >= 0.3 is 12.1 Å². The fourth-order valence-corrected chi connectivity index (χ4v) is 5.92. The molecule has 0 unspecified atom stereocenters. The van der Waals surface area contributed by atoms with E-state index in [0.717, 1.165) is 4.90 Å². The summed E-state index contributed by atoms with van der Waals surface area (Å²) in [6.07, 6.45) is -1.13. The van der Waals surface area contributed by atoms with Gasteiger partial charge in [-0.3, -0.25) is 4.79 Å². The van der Waals surface area contributed by atoms with Gasteiger partial charge in [0.1, 0.15) is 30.0 Å². The summed E-state index contributed by atoms with van der Waals surface area (Å²) in [5.41, 5.74) is 0.706. The van der Waals surface area contributed by atoms with E-state index in [4.69, 9.17) is 39.5 Å². The number of halogens is 3. The number of alkyl halides is 3. The Hall–Kier alpha value is -1.75. The first kappa shape index (κ1) is 23.9. The Morgan fingerprint density at radius 2 is 1.77 bits per heavy atom. The highest BCUT2D eigenvalue weighted by molar-refractivity contribution is 7.94. The lowest BCUT2D eigenvalue weighted by atomic mass is 9.96. The van der Waals surface area contributed by atoms with Gasteiger partial charge in [0.25, 0.3) is 0 Å². The summed E-state index contributed by atoms with van der Waals surface area (Å²) in [7, 11) is -4.06. The van der Waals surface area contributed by atoms with E-state index in [-0.39, 0.29) is 6.61 Å². The van der Waals surface area contributed by atoms with Crippen molar-refractivity contribution in [2.24, 2.45) is 0 Å². The van der Waals surface area contributed by atoms with Gasteiger partial charge in [-0.05, 0) is 19.4 Å². The van der Waals surface area contributed by atoms with Gasteiger partial charge in [0.15, 0.2) is 15.2 Å². The van der Waals surface area contributed by atoms with Gasteiger partial charge in [0.2, 0.25) is 9.70 Å². The van der Waals surface area contributed by atoms with E-state index < -0.39 is 60.4 Å². The molecule has 31 heavy (non-hydrogen) atoms. The average molecular weight is 514 g/mol. The Morgan fingerprint density at radius 3 is 2.35 bits per heavy atom. The van der Waals surface area contributed by atoms with Crippen molar-refractivity contribution in [3.8, 4) is 0 Å². The van der Waals surface area contributed by atoms with Gasteiger partial charge in [-0.25, -0.2) is 18.0 Å². The maximum atomic E-state index is 13.1. The number of rotatable bonds is 5. The van der Waals surface area contributed by atoms with E-state index in [2.05, 4.69) is 10.1 Å². The smallest absolute Gasteiger partial charge is 0.408 e. The molecule has 1 aromatic carbocycles. The fraction of sp³-hybridized carbons (Fsp3) is 0.500. The molecule has 1 aromatic rings. The number of hydrogen-bond donors (Lipinski definition) is 1. The van der Waals surface area contributed by atoms with Crippen LogP contribution < -0.4 is 5.32 Å². The van der Waals surface area contributed by atoms with Gasteiger partial charge < -0.3 is 19.7 Å². The van der Waals surface area contributed by atoms with Crippen molar-refractivity contribution in [1.82, 2.24) is 10.2 Å². The predicted molar refractivity (Wildman–Crippen MR) is 112 cm³/mol. The van der Waals surface area contributed by atoms with Gasteiger partial charge in [-0.1, -0.05) is 65.1 Å². The molecule has 9 nitrogen and oxygen atoms in total. The number of esters is 1. The summed E-state index contributed by atoms with van der Waals surface area (Å²) >= 11 is 16.5. The first-order valence-corrected chi connectivity index (χ1v) is 11.7. The summed E-state index contributed by atoms with van der Waals surface area (Å²) < 4.78 is 32.6. The van der Waals surface area contributed by atoms with Crippen molar-refractivity contribution in [2.45, 2.75) is 46.5 Å². The van der Waals surface area contributed by atoms with Crippen LogP contribution in [0.15, 0.2) is 30.3 Å². The lowest BCUT2D eigenvalue weighted by molar-refractivity contribution is -0.164. The van der Waals surface area contributed by atoms with Gasteiger partial charge in [0, 0.05) is 0 Å². The molecular weight excluding hydrogens is 495 g/mol. The van der Waals surface area contributed by atoms with Crippen molar-refractivity contribution in [3.63, 3.8) is 0 Å². The maximum Gasteiger partial charge on any atom is 0.408 e. The molecule has 2 heterocycles. The molecule has 13 heteroatoms. The van der Waals surface area contributed by atoms with Crippen LogP contribution in [0.25, 0.3) is 0 Å². The van der Waals surface area contributed by atoms with E-state index in [1.807, 2.05) is 0 Å². The average Bonchev–Trinajstić information content (AvgIpc) is 2.83. The third-order valence-corrected chi connectivity index (χ3v) is 8.31. The minimum absolute atomic E-state index is 0.0793. The molecule has 0 radical (unpaired) electrons. The molecule has 2 amide bonds. The van der Waals surface area contributed by atoms with E-state index in [9.17, 15) is 22.8 Å². The molecule has 0 aliphatic carbocycles. The molecule has 170 valence electrons. The molecule has 2 aliphatic heterocycles. The third kappa shape index (κ3) is 4.44. The molecular formula is C18H19Cl3N2O7S. The number of nitrogens with one attached hydrogen (secondary N) is 1. The third-order valence-electron chi connectivity index (χ3n) is 5.16. The van der Waals surface area contributed by atoms with E-state index in [1.165, 1.54) is 13.8 Å². The summed E-state index contributed by atoms with van der Waals surface area (Å²) in [4.78, 5) is 38.2. The number of amides is 2. The minimum atomic E-state index is -4.06. The van der Waals surface area contributed by atoms with E-state index in [0.29, 0.717) is 5.56 Å². The number of carbonyl (C=O) groups excluding carboxylic acids is 3. The van der Waals surface area contributed by atoms with Crippen molar-refractivity contribution in [1.29, 1.82) is 0 Å². The Labute approximate surface area is 193 Å². The number of benzene rings is 1. The highest BCUT2D eigenvalue weighted by Crippen LogP contribution is 2.46. The summed E-state index contributed by atoms with van der Waals surface area (Å²) in [6, 6.07) is 6.01. The first-order chi connectivity index (χ1) is 14.3. The van der Waals surface area contributed by atoms with Crippen molar-refractivity contribution < 1.29 is 32.3 Å². The zero-order valence-electron chi connectivity index (χ0n) is 16.4. The second-order valence-electron chi connectivity index (χ2n) is 7.59. The van der Waals surface area contributed by atoms with Crippen LogP contribution in [0, 0.1) is 0 Å². The molecule has 2 aliphatic rings. The highest BCUT2D eigenvalue weighted by Gasteiger charge is 2.72. The number of sulfone groups is 1. The number of hydrogen-bond acceptors (Lipinski definition) is 7. The topological polar surface area (TPSA) is 119 Å². The van der Waals surface area contributed by atoms with Crippen LogP contribution in [-0.2, 0) is 35.5 Å². The van der Waals surface area contributed by atoms with E-state index >= 15 is 0 Å². The molecule has 3 atom stereocenters.